The lowest BCUT2D eigenvalue weighted by molar-refractivity contribution is 0.303. The third-order valence-corrected chi connectivity index (χ3v) is 2.40. The molecule has 0 spiro atoms. The average molecular weight is 233 g/mol. The van der Waals surface area contributed by atoms with E-state index in [9.17, 15) is 0 Å². The number of aromatic nitrogens is 5. The van der Waals surface area contributed by atoms with Crippen LogP contribution in [0.5, 0.6) is 0 Å². The molecule has 0 saturated carbocycles. The first-order chi connectivity index (χ1) is 8.38. The van der Waals surface area contributed by atoms with Crippen molar-refractivity contribution in [3.63, 3.8) is 0 Å². The summed E-state index contributed by atoms with van der Waals surface area (Å²) >= 11 is 0. The Bertz CT molecular complexity index is 583. The topological polar surface area (TPSA) is 115 Å². The van der Waals surface area contributed by atoms with Crippen LogP contribution in [0.25, 0.3) is 0 Å². The Labute approximate surface area is 94.4 Å². The highest BCUT2D eigenvalue weighted by Gasteiger charge is 2.27. The van der Waals surface area contributed by atoms with Crippen molar-refractivity contribution < 1.29 is 9.84 Å². The smallest absolute Gasteiger partial charge is 0.160 e. The van der Waals surface area contributed by atoms with E-state index >= 15 is 0 Å². The van der Waals surface area contributed by atoms with E-state index in [2.05, 4.69) is 35.4 Å². The van der Waals surface area contributed by atoms with Gasteiger partial charge in [-0.25, -0.2) is 9.31 Å². The summed E-state index contributed by atoms with van der Waals surface area (Å²) in [6.07, 6.45) is 3.98. The highest BCUT2D eigenvalue weighted by atomic mass is 16.6. The molecule has 0 aliphatic heterocycles. The Morgan fingerprint density at radius 3 is 2.82 bits per heavy atom. The molecule has 0 fully saturated rings. The van der Waals surface area contributed by atoms with Crippen LogP contribution in [0, 0.1) is 0 Å². The zero-order chi connectivity index (χ0) is 11.7. The van der Waals surface area contributed by atoms with Gasteiger partial charge in [-0.05, 0) is 5.16 Å². The number of fused-ring (bicyclic) bond motifs is 1. The van der Waals surface area contributed by atoms with Gasteiger partial charge < -0.3 is 5.21 Å². The van der Waals surface area contributed by atoms with E-state index in [1.807, 2.05) is 0 Å². The molecule has 1 aliphatic rings. The van der Waals surface area contributed by atoms with Gasteiger partial charge in [0.2, 0.25) is 0 Å². The van der Waals surface area contributed by atoms with E-state index in [0.717, 1.165) is 0 Å². The highest BCUT2D eigenvalue weighted by molar-refractivity contribution is 6.48. The van der Waals surface area contributed by atoms with Crippen LogP contribution in [-0.4, -0.2) is 41.8 Å². The summed E-state index contributed by atoms with van der Waals surface area (Å²) in [6, 6.07) is 0. The maximum Gasteiger partial charge on any atom is 0.160 e. The summed E-state index contributed by atoms with van der Waals surface area (Å²) in [4.78, 5) is 0. The third kappa shape index (κ3) is 1.57. The fourth-order valence-corrected chi connectivity index (χ4v) is 1.61. The lowest BCUT2D eigenvalue weighted by atomic mass is 9.97. The molecule has 17 heavy (non-hydrogen) atoms. The van der Waals surface area contributed by atoms with Gasteiger partial charge in [0.25, 0.3) is 0 Å². The van der Waals surface area contributed by atoms with Crippen LogP contribution < -0.4 is 0 Å². The molecule has 9 nitrogen and oxygen atoms in total. The summed E-state index contributed by atoms with van der Waals surface area (Å²) < 4.78 is 6.04. The molecular weight excluding hydrogens is 226 g/mol. The molecule has 0 bridgehead atoms. The minimum Gasteiger partial charge on any atom is -0.411 e. The van der Waals surface area contributed by atoms with Gasteiger partial charge in [-0.15, -0.1) is 10.2 Å². The summed E-state index contributed by atoms with van der Waals surface area (Å²) in [5, 5.41) is 31.1. The van der Waals surface area contributed by atoms with Crippen molar-refractivity contribution in [2.24, 2.45) is 10.3 Å². The molecule has 3 rings (SSSR count). The second-order valence-corrected chi connectivity index (χ2v) is 3.40. The molecule has 2 heterocycles. The van der Waals surface area contributed by atoms with Crippen molar-refractivity contribution in [2.75, 3.05) is 0 Å². The summed E-state index contributed by atoms with van der Waals surface area (Å²) in [7, 11) is 0. The van der Waals surface area contributed by atoms with Crippen molar-refractivity contribution in [1.82, 2.24) is 25.2 Å². The number of hydrogen-bond donors (Lipinski definition) is 1. The Kier molecular flexibility index (Phi) is 2.14. The largest absolute Gasteiger partial charge is 0.411 e. The Balaban J connectivity index is 2.13. The molecule has 9 heteroatoms. The van der Waals surface area contributed by atoms with Crippen molar-refractivity contribution in [3.8, 4) is 0 Å². The number of nitrogens with zero attached hydrogens (tertiary/aromatic N) is 7. The summed E-state index contributed by atoms with van der Waals surface area (Å²) in [5.74, 6) is 0. The normalized spacial score (nSPS) is 19.8. The Hall–Kier alpha value is -2.58. The molecule has 1 aliphatic carbocycles. The van der Waals surface area contributed by atoms with Crippen LogP contribution in [0.3, 0.4) is 0 Å². The second-order valence-electron chi connectivity index (χ2n) is 3.40. The molecule has 0 unspecified atom stereocenters. The lowest BCUT2D eigenvalue weighted by Gasteiger charge is -2.10. The van der Waals surface area contributed by atoms with Crippen molar-refractivity contribution in [2.45, 2.75) is 12.8 Å². The fourth-order valence-electron chi connectivity index (χ4n) is 1.61. The average Bonchev–Trinajstić information content (AvgIpc) is 2.99. The predicted molar refractivity (Wildman–Crippen MR) is 53.8 cm³/mol. The first-order valence-electron chi connectivity index (χ1n) is 4.85. The zero-order valence-corrected chi connectivity index (χ0v) is 8.55. The Morgan fingerprint density at radius 2 is 2.06 bits per heavy atom. The van der Waals surface area contributed by atoms with E-state index in [1.54, 1.807) is 0 Å². The minimum atomic E-state index is 0.412. The van der Waals surface area contributed by atoms with E-state index in [0.29, 0.717) is 35.7 Å². The molecule has 0 aromatic carbocycles. The van der Waals surface area contributed by atoms with Crippen molar-refractivity contribution >= 4 is 11.4 Å². The lowest BCUT2D eigenvalue weighted by Crippen LogP contribution is -2.24. The quantitative estimate of drug-likeness (QED) is 0.533. The standard InChI is InChI=1S/C8H7N7O2/c16-12-5-1-2-6-8(14-17-13-6)7(5)11-15-3-9-10-4-15/h3-4,16H,1-2H2/b11-7+,12-5+. The molecule has 0 saturated heterocycles. The van der Waals surface area contributed by atoms with E-state index in [4.69, 9.17) is 5.21 Å². The molecule has 2 aromatic heterocycles. The van der Waals surface area contributed by atoms with E-state index < -0.39 is 0 Å². The first kappa shape index (κ1) is 9.63. The minimum absolute atomic E-state index is 0.412. The number of oxime groups is 1. The number of rotatable bonds is 1. The van der Waals surface area contributed by atoms with Gasteiger partial charge in [0.15, 0.2) is 5.69 Å². The van der Waals surface area contributed by atoms with Crippen molar-refractivity contribution in [1.29, 1.82) is 0 Å². The summed E-state index contributed by atoms with van der Waals surface area (Å²) in [6.45, 7) is 0. The van der Waals surface area contributed by atoms with Gasteiger partial charge in [-0.3, -0.25) is 0 Å². The van der Waals surface area contributed by atoms with Crippen LogP contribution in [-0.2, 0) is 6.42 Å². The SMILES string of the molecule is O/N=C1\CCc2nonc2\C1=N\n1cnnc1. The van der Waals surface area contributed by atoms with Crippen LogP contribution in [0.2, 0.25) is 0 Å². The highest BCUT2D eigenvalue weighted by Crippen LogP contribution is 2.16. The van der Waals surface area contributed by atoms with Gasteiger partial charge in [0, 0.05) is 12.8 Å². The zero-order valence-electron chi connectivity index (χ0n) is 8.55. The molecule has 0 atom stereocenters. The van der Waals surface area contributed by atoms with Gasteiger partial charge in [-0.2, -0.15) is 5.10 Å². The number of hydrogen-bond acceptors (Lipinski definition) is 8. The van der Waals surface area contributed by atoms with Gasteiger partial charge >= 0.3 is 0 Å². The summed E-state index contributed by atoms with van der Waals surface area (Å²) in [5.41, 5.74) is 2.03. The molecule has 86 valence electrons. The monoisotopic (exact) mass is 233 g/mol. The van der Waals surface area contributed by atoms with Crippen LogP contribution >= 0.6 is 0 Å². The molecule has 0 radical (unpaired) electrons. The maximum absolute atomic E-state index is 8.94. The van der Waals surface area contributed by atoms with Crippen molar-refractivity contribution in [3.05, 3.63) is 24.0 Å². The van der Waals surface area contributed by atoms with E-state index in [1.165, 1.54) is 17.3 Å². The maximum atomic E-state index is 8.94. The third-order valence-electron chi connectivity index (χ3n) is 2.40. The molecule has 0 amide bonds. The van der Waals surface area contributed by atoms with Gasteiger partial charge in [0.1, 0.15) is 29.8 Å². The second kappa shape index (κ2) is 3.77. The van der Waals surface area contributed by atoms with Crippen LogP contribution in [0.4, 0.5) is 0 Å². The predicted octanol–water partition coefficient (Wildman–Crippen LogP) is -0.310. The van der Waals surface area contributed by atoms with Crippen LogP contribution in [0.15, 0.2) is 27.5 Å². The van der Waals surface area contributed by atoms with Gasteiger partial charge in [-0.1, -0.05) is 10.3 Å². The first-order valence-corrected chi connectivity index (χ1v) is 4.85. The molecule has 1 N–H and O–H groups in total. The fraction of sp³-hybridized carbons (Fsp3) is 0.250. The van der Waals surface area contributed by atoms with Gasteiger partial charge in [0.05, 0.1) is 0 Å². The number of aryl methyl sites for hydroxylation is 1. The van der Waals surface area contributed by atoms with Crippen LogP contribution in [0.1, 0.15) is 17.8 Å². The molecular formula is C8H7N7O2. The van der Waals surface area contributed by atoms with E-state index in [-0.39, 0.29) is 0 Å². The molecule has 2 aromatic rings. The Morgan fingerprint density at radius 1 is 1.24 bits per heavy atom.